The van der Waals surface area contributed by atoms with Crippen LogP contribution in [0.3, 0.4) is 0 Å². The predicted octanol–water partition coefficient (Wildman–Crippen LogP) is -0.269. The number of rotatable bonds is 5. The van der Waals surface area contributed by atoms with Crippen molar-refractivity contribution in [2.24, 2.45) is 0 Å². The van der Waals surface area contributed by atoms with Gasteiger partial charge in [-0.05, 0) is 12.8 Å². The Bertz CT molecular complexity index is 263. The standard InChI is InChI=1S/C12H25N3O3/c1-14(2)11(17)15-7-4-12(10-16,5-8-15)13-6-9-18-3/h13,16H,4-10H2,1-3H3. The third kappa shape index (κ3) is 3.83. The molecule has 0 aromatic heterocycles. The molecular formula is C12H25N3O3. The van der Waals surface area contributed by atoms with Crippen LogP contribution in [-0.4, -0.2) is 80.5 Å². The molecule has 0 saturated carbocycles. The fourth-order valence-electron chi connectivity index (χ4n) is 2.22. The molecule has 2 N–H and O–H groups in total. The van der Waals surface area contributed by atoms with Gasteiger partial charge in [0.15, 0.2) is 0 Å². The molecule has 106 valence electrons. The summed E-state index contributed by atoms with van der Waals surface area (Å²) in [6.07, 6.45) is 1.54. The number of hydrogen-bond donors (Lipinski definition) is 2. The van der Waals surface area contributed by atoms with Gasteiger partial charge < -0.3 is 25.0 Å². The zero-order chi connectivity index (χ0) is 13.6. The number of carbonyl (C=O) groups is 1. The molecule has 0 aliphatic carbocycles. The highest BCUT2D eigenvalue weighted by Gasteiger charge is 2.35. The Kier molecular flexibility index (Phi) is 5.84. The summed E-state index contributed by atoms with van der Waals surface area (Å²) in [5, 5.41) is 12.9. The van der Waals surface area contributed by atoms with Crippen LogP contribution in [0.5, 0.6) is 0 Å². The van der Waals surface area contributed by atoms with E-state index in [0.717, 1.165) is 19.4 Å². The Morgan fingerprint density at radius 1 is 1.44 bits per heavy atom. The van der Waals surface area contributed by atoms with Gasteiger partial charge in [0.2, 0.25) is 0 Å². The number of nitrogens with one attached hydrogen (secondary N) is 1. The summed E-state index contributed by atoms with van der Waals surface area (Å²) in [6.45, 7) is 2.80. The molecule has 1 aliphatic rings. The van der Waals surface area contributed by atoms with Gasteiger partial charge in [0, 0.05) is 46.4 Å². The molecule has 18 heavy (non-hydrogen) atoms. The van der Waals surface area contributed by atoms with E-state index < -0.39 is 0 Å². The van der Waals surface area contributed by atoms with Gasteiger partial charge in [-0.2, -0.15) is 0 Å². The largest absolute Gasteiger partial charge is 0.394 e. The highest BCUT2D eigenvalue weighted by Crippen LogP contribution is 2.22. The van der Waals surface area contributed by atoms with Crippen LogP contribution in [0.25, 0.3) is 0 Å². The lowest BCUT2D eigenvalue weighted by Crippen LogP contribution is -2.58. The van der Waals surface area contributed by atoms with Gasteiger partial charge >= 0.3 is 6.03 Å². The Labute approximate surface area is 109 Å². The van der Waals surface area contributed by atoms with Crippen LogP contribution in [-0.2, 0) is 4.74 Å². The van der Waals surface area contributed by atoms with Crippen molar-refractivity contribution in [3.05, 3.63) is 0 Å². The zero-order valence-corrected chi connectivity index (χ0v) is 11.6. The normalized spacial score (nSPS) is 18.8. The molecule has 0 radical (unpaired) electrons. The summed E-state index contributed by atoms with van der Waals surface area (Å²) in [5.74, 6) is 0. The maximum absolute atomic E-state index is 11.8. The number of ether oxygens (including phenoxy) is 1. The van der Waals surface area contributed by atoms with E-state index in [1.54, 1.807) is 26.1 Å². The molecule has 0 atom stereocenters. The SMILES string of the molecule is COCCNC1(CO)CCN(C(=O)N(C)C)CC1. The van der Waals surface area contributed by atoms with E-state index in [2.05, 4.69) is 5.32 Å². The number of amides is 2. The highest BCUT2D eigenvalue weighted by molar-refractivity contribution is 5.73. The van der Waals surface area contributed by atoms with Crippen molar-refractivity contribution in [2.45, 2.75) is 18.4 Å². The van der Waals surface area contributed by atoms with E-state index in [1.807, 2.05) is 4.90 Å². The second kappa shape index (κ2) is 6.92. The average molecular weight is 259 g/mol. The molecule has 1 fully saturated rings. The van der Waals surface area contributed by atoms with Gasteiger partial charge in [0.05, 0.1) is 13.2 Å². The third-order valence-corrected chi connectivity index (χ3v) is 3.48. The van der Waals surface area contributed by atoms with E-state index in [4.69, 9.17) is 4.74 Å². The Hall–Kier alpha value is -0.850. The van der Waals surface area contributed by atoms with Crippen molar-refractivity contribution < 1.29 is 14.6 Å². The summed E-state index contributed by atoms with van der Waals surface area (Å²) >= 11 is 0. The minimum atomic E-state index is -0.262. The maximum Gasteiger partial charge on any atom is 0.319 e. The van der Waals surface area contributed by atoms with E-state index in [1.165, 1.54) is 0 Å². The maximum atomic E-state index is 11.8. The van der Waals surface area contributed by atoms with Crippen molar-refractivity contribution >= 4 is 6.03 Å². The first-order valence-corrected chi connectivity index (χ1v) is 6.36. The highest BCUT2D eigenvalue weighted by atomic mass is 16.5. The molecule has 0 unspecified atom stereocenters. The number of aliphatic hydroxyl groups excluding tert-OH is 1. The lowest BCUT2D eigenvalue weighted by atomic mass is 9.88. The smallest absolute Gasteiger partial charge is 0.319 e. The van der Waals surface area contributed by atoms with Gasteiger partial charge in [-0.1, -0.05) is 0 Å². The molecule has 0 aromatic rings. The Morgan fingerprint density at radius 3 is 2.50 bits per heavy atom. The number of piperidine rings is 1. The summed E-state index contributed by atoms with van der Waals surface area (Å²) < 4.78 is 5.00. The lowest BCUT2D eigenvalue weighted by molar-refractivity contribution is 0.0755. The van der Waals surface area contributed by atoms with E-state index in [-0.39, 0.29) is 18.2 Å². The van der Waals surface area contributed by atoms with Gasteiger partial charge in [0.1, 0.15) is 0 Å². The van der Waals surface area contributed by atoms with Crippen LogP contribution in [0.4, 0.5) is 4.79 Å². The first kappa shape index (κ1) is 15.2. The van der Waals surface area contributed by atoms with Crippen molar-refractivity contribution in [1.82, 2.24) is 15.1 Å². The summed E-state index contributed by atoms with van der Waals surface area (Å²) in [5.41, 5.74) is -0.262. The van der Waals surface area contributed by atoms with E-state index in [0.29, 0.717) is 19.7 Å². The number of urea groups is 1. The van der Waals surface area contributed by atoms with E-state index in [9.17, 15) is 9.90 Å². The third-order valence-electron chi connectivity index (χ3n) is 3.48. The summed E-state index contributed by atoms with van der Waals surface area (Å²) in [6, 6.07) is 0.0402. The minimum absolute atomic E-state index is 0.0402. The second-order valence-corrected chi connectivity index (χ2v) is 5.02. The molecule has 2 amide bonds. The number of nitrogens with zero attached hydrogens (tertiary/aromatic N) is 2. The van der Waals surface area contributed by atoms with Crippen molar-refractivity contribution in [2.75, 3.05) is 54.1 Å². The summed E-state index contributed by atoms with van der Waals surface area (Å²) in [4.78, 5) is 15.2. The number of methoxy groups -OCH3 is 1. The monoisotopic (exact) mass is 259 g/mol. The molecule has 6 nitrogen and oxygen atoms in total. The van der Waals surface area contributed by atoms with Crippen LogP contribution in [0, 0.1) is 0 Å². The number of likely N-dealkylation sites (tertiary alicyclic amines) is 1. The summed E-state index contributed by atoms with van der Waals surface area (Å²) in [7, 11) is 5.17. The fraction of sp³-hybridized carbons (Fsp3) is 0.917. The first-order valence-electron chi connectivity index (χ1n) is 6.36. The quantitative estimate of drug-likeness (QED) is 0.667. The fourth-order valence-corrected chi connectivity index (χ4v) is 2.22. The average Bonchev–Trinajstić information content (AvgIpc) is 2.39. The molecule has 6 heteroatoms. The Morgan fingerprint density at radius 2 is 2.06 bits per heavy atom. The van der Waals surface area contributed by atoms with Gasteiger partial charge in [0.25, 0.3) is 0 Å². The second-order valence-electron chi connectivity index (χ2n) is 5.02. The molecule has 1 rings (SSSR count). The molecule has 0 spiro atoms. The van der Waals surface area contributed by atoms with Gasteiger partial charge in [-0.25, -0.2) is 4.79 Å². The number of aliphatic hydroxyl groups is 1. The topological polar surface area (TPSA) is 65.0 Å². The van der Waals surface area contributed by atoms with Gasteiger partial charge in [-0.3, -0.25) is 0 Å². The molecule has 0 aromatic carbocycles. The molecule has 1 saturated heterocycles. The molecule has 1 heterocycles. The first-order chi connectivity index (χ1) is 8.54. The number of hydrogen-bond acceptors (Lipinski definition) is 4. The zero-order valence-electron chi connectivity index (χ0n) is 11.6. The van der Waals surface area contributed by atoms with Crippen LogP contribution in [0.15, 0.2) is 0 Å². The lowest BCUT2D eigenvalue weighted by Gasteiger charge is -2.42. The van der Waals surface area contributed by atoms with Crippen molar-refractivity contribution in [3.8, 4) is 0 Å². The molecule has 0 bridgehead atoms. The van der Waals surface area contributed by atoms with Crippen LogP contribution in [0.2, 0.25) is 0 Å². The molecular weight excluding hydrogens is 234 g/mol. The van der Waals surface area contributed by atoms with Crippen molar-refractivity contribution in [3.63, 3.8) is 0 Å². The van der Waals surface area contributed by atoms with E-state index >= 15 is 0 Å². The number of carbonyl (C=O) groups excluding carboxylic acids is 1. The van der Waals surface area contributed by atoms with Crippen LogP contribution >= 0.6 is 0 Å². The Balaban J connectivity index is 2.46. The minimum Gasteiger partial charge on any atom is -0.394 e. The molecule has 1 aliphatic heterocycles. The van der Waals surface area contributed by atoms with Gasteiger partial charge in [-0.15, -0.1) is 0 Å². The van der Waals surface area contributed by atoms with Crippen molar-refractivity contribution in [1.29, 1.82) is 0 Å². The predicted molar refractivity (Wildman–Crippen MR) is 69.6 cm³/mol. The van der Waals surface area contributed by atoms with Crippen LogP contribution < -0.4 is 5.32 Å². The van der Waals surface area contributed by atoms with Crippen LogP contribution in [0.1, 0.15) is 12.8 Å².